The first-order valence-electron chi connectivity index (χ1n) is 10.1. The molecule has 4 aromatic rings. The van der Waals surface area contributed by atoms with E-state index in [4.69, 9.17) is 9.98 Å². The molecule has 5 rings (SSSR count). The van der Waals surface area contributed by atoms with Crippen LogP contribution in [-0.2, 0) is 6.42 Å². The summed E-state index contributed by atoms with van der Waals surface area (Å²) < 4.78 is 1.94. The fourth-order valence-electron chi connectivity index (χ4n) is 4.02. The van der Waals surface area contributed by atoms with Crippen LogP contribution in [0.4, 0.5) is 0 Å². The summed E-state index contributed by atoms with van der Waals surface area (Å²) in [7, 11) is 0. The summed E-state index contributed by atoms with van der Waals surface area (Å²) in [6.07, 6.45) is 1.01. The van der Waals surface area contributed by atoms with Gasteiger partial charge in [-0.15, -0.1) is 5.10 Å². The van der Waals surface area contributed by atoms with Crippen LogP contribution in [0.1, 0.15) is 43.5 Å². The highest BCUT2D eigenvalue weighted by atomic mass is 15.4. The lowest BCUT2D eigenvalue weighted by molar-refractivity contribution is 0.530. The highest BCUT2D eigenvalue weighted by Crippen LogP contribution is 2.26. The Morgan fingerprint density at radius 1 is 1.00 bits per heavy atom. The molecular formula is C24H23N5. The molecule has 0 saturated carbocycles. The summed E-state index contributed by atoms with van der Waals surface area (Å²) in [5.74, 6) is 0.810. The molecule has 0 saturated heterocycles. The Hall–Kier alpha value is -3.34. The third-order valence-electron chi connectivity index (χ3n) is 5.55. The Morgan fingerprint density at radius 3 is 2.62 bits per heavy atom. The molecule has 0 fully saturated rings. The number of hydrogen-bond donors (Lipinski definition) is 0. The summed E-state index contributed by atoms with van der Waals surface area (Å²) in [6.45, 7) is 6.99. The van der Waals surface area contributed by atoms with Crippen LogP contribution in [0.15, 0.2) is 64.6 Å². The van der Waals surface area contributed by atoms with Crippen molar-refractivity contribution in [3.05, 3.63) is 71.3 Å². The second-order valence-electron chi connectivity index (χ2n) is 7.70. The SMILES string of the molecule is CCc1ccc(C2=NCC(c3ccc4c(c3)nnn4C(C)C)=N2)c2ccccc12. The zero-order valence-electron chi connectivity index (χ0n) is 16.9. The van der Waals surface area contributed by atoms with Gasteiger partial charge in [-0.1, -0.05) is 54.6 Å². The van der Waals surface area contributed by atoms with E-state index in [-0.39, 0.29) is 6.04 Å². The largest absolute Gasteiger partial charge is 0.260 e. The van der Waals surface area contributed by atoms with Crippen molar-refractivity contribution in [1.29, 1.82) is 0 Å². The van der Waals surface area contributed by atoms with Gasteiger partial charge >= 0.3 is 0 Å². The molecule has 0 unspecified atom stereocenters. The fourth-order valence-corrected chi connectivity index (χ4v) is 4.02. The monoisotopic (exact) mass is 381 g/mol. The van der Waals surface area contributed by atoms with Gasteiger partial charge in [-0.25, -0.2) is 9.67 Å². The lowest BCUT2D eigenvalue weighted by atomic mass is 9.98. The second-order valence-corrected chi connectivity index (χ2v) is 7.70. The molecule has 1 aliphatic rings. The van der Waals surface area contributed by atoms with Crippen LogP contribution in [0.2, 0.25) is 0 Å². The number of aryl methyl sites for hydroxylation is 1. The van der Waals surface area contributed by atoms with E-state index in [0.717, 1.165) is 40.1 Å². The molecule has 2 heterocycles. The molecule has 1 aromatic heterocycles. The molecule has 0 atom stereocenters. The summed E-state index contributed by atoms with van der Waals surface area (Å²) in [4.78, 5) is 9.65. The molecule has 0 radical (unpaired) electrons. The van der Waals surface area contributed by atoms with Crippen LogP contribution >= 0.6 is 0 Å². The second kappa shape index (κ2) is 6.92. The van der Waals surface area contributed by atoms with E-state index in [9.17, 15) is 0 Å². The minimum absolute atomic E-state index is 0.281. The number of aliphatic imine (C=N–C) groups is 2. The predicted molar refractivity (Wildman–Crippen MR) is 119 cm³/mol. The van der Waals surface area contributed by atoms with E-state index < -0.39 is 0 Å². The van der Waals surface area contributed by atoms with E-state index >= 15 is 0 Å². The van der Waals surface area contributed by atoms with Crippen LogP contribution in [0, 0.1) is 0 Å². The Kier molecular flexibility index (Phi) is 4.23. The summed E-state index contributed by atoms with van der Waals surface area (Å²) >= 11 is 0. The fraction of sp³-hybridized carbons (Fsp3) is 0.250. The normalized spacial score (nSPS) is 14.1. The van der Waals surface area contributed by atoms with Crippen LogP contribution in [0.3, 0.4) is 0 Å². The van der Waals surface area contributed by atoms with Gasteiger partial charge in [0, 0.05) is 17.2 Å². The molecule has 0 aliphatic carbocycles. The number of amidine groups is 1. The quantitative estimate of drug-likeness (QED) is 0.501. The first kappa shape index (κ1) is 17.7. The molecule has 1 aliphatic heterocycles. The number of aromatic nitrogens is 3. The van der Waals surface area contributed by atoms with Crippen molar-refractivity contribution in [2.24, 2.45) is 9.98 Å². The van der Waals surface area contributed by atoms with Crippen LogP contribution in [0.25, 0.3) is 21.8 Å². The van der Waals surface area contributed by atoms with Gasteiger partial charge in [0.15, 0.2) is 5.84 Å². The molecule has 0 spiro atoms. The number of rotatable bonds is 4. The topological polar surface area (TPSA) is 55.4 Å². The van der Waals surface area contributed by atoms with Crippen molar-refractivity contribution in [2.45, 2.75) is 33.2 Å². The van der Waals surface area contributed by atoms with Crippen molar-refractivity contribution in [3.63, 3.8) is 0 Å². The van der Waals surface area contributed by atoms with Gasteiger partial charge in [0.1, 0.15) is 5.52 Å². The van der Waals surface area contributed by atoms with E-state index in [2.05, 4.69) is 85.7 Å². The van der Waals surface area contributed by atoms with Crippen LogP contribution in [-0.4, -0.2) is 33.1 Å². The van der Waals surface area contributed by atoms with Gasteiger partial charge in [0.25, 0.3) is 0 Å². The molecular weight excluding hydrogens is 358 g/mol. The zero-order valence-corrected chi connectivity index (χ0v) is 16.9. The van der Waals surface area contributed by atoms with Crippen molar-refractivity contribution >= 4 is 33.4 Å². The zero-order chi connectivity index (χ0) is 20.0. The molecule has 5 heteroatoms. The van der Waals surface area contributed by atoms with E-state index in [1.54, 1.807) is 0 Å². The molecule has 5 nitrogen and oxygen atoms in total. The van der Waals surface area contributed by atoms with Crippen molar-refractivity contribution in [1.82, 2.24) is 15.0 Å². The minimum Gasteiger partial charge on any atom is -0.260 e. The lowest BCUT2D eigenvalue weighted by Crippen LogP contribution is -2.04. The average molecular weight is 381 g/mol. The van der Waals surface area contributed by atoms with Gasteiger partial charge in [0.05, 0.1) is 17.8 Å². The average Bonchev–Trinajstić information content (AvgIpc) is 3.39. The number of fused-ring (bicyclic) bond motifs is 2. The third-order valence-corrected chi connectivity index (χ3v) is 5.55. The maximum atomic E-state index is 4.89. The summed E-state index contributed by atoms with van der Waals surface area (Å²) in [6, 6.07) is 19.4. The van der Waals surface area contributed by atoms with Crippen LogP contribution < -0.4 is 0 Å². The van der Waals surface area contributed by atoms with Gasteiger partial charge in [0.2, 0.25) is 0 Å². The van der Waals surface area contributed by atoms with Crippen LogP contribution in [0.5, 0.6) is 0 Å². The lowest BCUT2D eigenvalue weighted by Gasteiger charge is -2.09. The molecule has 3 aromatic carbocycles. The Labute approximate surface area is 169 Å². The van der Waals surface area contributed by atoms with Gasteiger partial charge in [-0.05, 0) is 48.7 Å². The Balaban J connectivity index is 1.54. The van der Waals surface area contributed by atoms with Gasteiger partial charge < -0.3 is 0 Å². The molecule has 0 amide bonds. The standard InChI is InChI=1S/C24H23N5/c1-4-16-9-11-20(19-8-6-5-7-18(16)19)24-25-14-22(26-24)17-10-12-23-21(13-17)27-28-29(23)15(2)3/h5-13,15H,4,14H2,1-3H3. The summed E-state index contributed by atoms with van der Waals surface area (Å²) in [5, 5.41) is 11.1. The van der Waals surface area contributed by atoms with E-state index in [1.165, 1.54) is 16.3 Å². The number of benzene rings is 3. The Morgan fingerprint density at radius 2 is 1.83 bits per heavy atom. The maximum Gasteiger partial charge on any atom is 0.155 e. The van der Waals surface area contributed by atoms with E-state index in [1.807, 2.05) is 4.68 Å². The molecule has 144 valence electrons. The van der Waals surface area contributed by atoms with Crippen molar-refractivity contribution < 1.29 is 0 Å². The van der Waals surface area contributed by atoms with E-state index in [0.29, 0.717) is 6.54 Å². The Bertz CT molecular complexity index is 1290. The molecule has 0 bridgehead atoms. The molecule has 29 heavy (non-hydrogen) atoms. The third kappa shape index (κ3) is 2.94. The molecule has 0 N–H and O–H groups in total. The minimum atomic E-state index is 0.281. The van der Waals surface area contributed by atoms with Crippen molar-refractivity contribution in [3.8, 4) is 0 Å². The maximum absolute atomic E-state index is 4.89. The first-order valence-corrected chi connectivity index (χ1v) is 10.1. The highest BCUT2D eigenvalue weighted by Gasteiger charge is 2.18. The smallest absolute Gasteiger partial charge is 0.155 e. The van der Waals surface area contributed by atoms with Crippen molar-refractivity contribution in [2.75, 3.05) is 6.54 Å². The predicted octanol–water partition coefficient (Wildman–Crippen LogP) is 4.98. The van der Waals surface area contributed by atoms with Gasteiger partial charge in [-0.2, -0.15) is 0 Å². The number of nitrogens with zero attached hydrogens (tertiary/aromatic N) is 5. The highest BCUT2D eigenvalue weighted by molar-refractivity contribution is 6.21. The summed E-state index contributed by atoms with van der Waals surface area (Å²) in [5.41, 5.74) is 6.42. The first-order chi connectivity index (χ1) is 14.2. The van der Waals surface area contributed by atoms with Gasteiger partial charge in [-0.3, -0.25) is 4.99 Å². The number of hydrogen-bond acceptors (Lipinski definition) is 4.